The van der Waals surface area contributed by atoms with Gasteiger partial charge in [0.05, 0.1) is 23.8 Å². The molecule has 6 nitrogen and oxygen atoms in total. The number of methoxy groups -OCH3 is 1. The van der Waals surface area contributed by atoms with E-state index in [1.165, 1.54) is 11.4 Å². The third-order valence-electron chi connectivity index (χ3n) is 4.28. The predicted octanol–water partition coefficient (Wildman–Crippen LogP) is 2.99. The van der Waals surface area contributed by atoms with E-state index in [2.05, 4.69) is 21.0 Å². The van der Waals surface area contributed by atoms with E-state index in [1.807, 2.05) is 24.0 Å². The molecule has 1 aromatic carbocycles. The summed E-state index contributed by atoms with van der Waals surface area (Å²) >= 11 is 3.35. The van der Waals surface area contributed by atoms with Gasteiger partial charge in [-0.25, -0.2) is 8.42 Å². The van der Waals surface area contributed by atoms with Gasteiger partial charge in [-0.1, -0.05) is 6.07 Å². The highest BCUT2D eigenvalue weighted by Crippen LogP contribution is 2.35. The van der Waals surface area contributed by atoms with Crippen LogP contribution in [0.15, 0.2) is 40.0 Å². The Balaban J connectivity index is 1.79. The Kier molecular flexibility index (Phi) is 4.98. The molecule has 0 amide bonds. The number of nitrogens with zero attached hydrogens (tertiary/aromatic N) is 3. The minimum Gasteiger partial charge on any atom is -0.494 e. The SMILES string of the molecule is COc1c(Br)cccc1S(=O)(=O)N1CCC(n2cc(C)cn2)CC1. The van der Waals surface area contributed by atoms with Crippen LogP contribution in [0, 0.1) is 6.92 Å². The van der Waals surface area contributed by atoms with Gasteiger partial charge in [0, 0.05) is 19.3 Å². The fourth-order valence-electron chi connectivity index (χ4n) is 3.01. The molecular weight excluding hydrogens is 394 g/mol. The summed E-state index contributed by atoms with van der Waals surface area (Å²) in [5.74, 6) is 0.349. The van der Waals surface area contributed by atoms with E-state index in [9.17, 15) is 8.42 Å². The number of hydrogen-bond donors (Lipinski definition) is 0. The molecule has 0 N–H and O–H groups in total. The van der Waals surface area contributed by atoms with Crippen molar-refractivity contribution in [1.29, 1.82) is 0 Å². The molecule has 2 aromatic rings. The van der Waals surface area contributed by atoms with Crippen LogP contribution in [0.1, 0.15) is 24.4 Å². The van der Waals surface area contributed by atoms with Gasteiger partial charge in [-0.2, -0.15) is 9.40 Å². The molecule has 24 heavy (non-hydrogen) atoms. The first-order chi connectivity index (χ1) is 11.4. The zero-order valence-electron chi connectivity index (χ0n) is 13.6. The second-order valence-corrected chi connectivity index (χ2v) is 8.66. The fraction of sp³-hybridized carbons (Fsp3) is 0.438. The number of piperidine rings is 1. The van der Waals surface area contributed by atoms with Crippen LogP contribution in [0.25, 0.3) is 0 Å². The molecule has 2 heterocycles. The molecule has 1 fully saturated rings. The topological polar surface area (TPSA) is 64.4 Å². The maximum atomic E-state index is 13.0. The van der Waals surface area contributed by atoms with Crippen molar-refractivity contribution in [3.63, 3.8) is 0 Å². The van der Waals surface area contributed by atoms with Crippen LogP contribution in [0.4, 0.5) is 0 Å². The van der Waals surface area contributed by atoms with Crippen molar-refractivity contribution in [3.8, 4) is 5.75 Å². The van der Waals surface area contributed by atoms with Gasteiger partial charge in [-0.15, -0.1) is 0 Å². The third kappa shape index (κ3) is 3.22. The van der Waals surface area contributed by atoms with Crippen LogP contribution < -0.4 is 4.74 Å². The number of aryl methyl sites for hydroxylation is 1. The van der Waals surface area contributed by atoms with Crippen LogP contribution >= 0.6 is 15.9 Å². The van der Waals surface area contributed by atoms with Crippen molar-refractivity contribution in [2.24, 2.45) is 0 Å². The quantitative estimate of drug-likeness (QED) is 0.772. The number of para-hydroxylation sites is 1. The lowest BCUT2D eigenvalue weighted by molar-refractivity contribution is 0.260. The molecule has 1 aliphatic heterocycles. The monoisotopic (exact) mass is 413 g/mol. The molecule has 3 rings (SSSR count). The van der Waals surface area contributed by atoms with Crippen LogP contribution in [0.3, 0.4) is 0 Å². The van der Waals surface area contributed by atoms with Crippen LogP contribution in [-0.4, -0.2) is 42.7 Å². The number of sulfonamides is 1. The highest BCUT2D eigenvalue weighted by molar-refractivity contribution is 9.10. The molecule has 0 unspecified atom stereocenters. The molecule has 0 radical (unpaired) electrons. The second kappa shape index (κ2) is 6.85. The summed E-state index contributed by atoms with van der Waals surface area (Å²) < 4.78 is 35.3. The molecule has 1 aromatic heterocycles. The molecule has 0 aliphatic carbocycles. The highest BCUT2D eigenvalue weighted by atomic mass is 79.9. The van der Waals surface area contributed by atoms with E-state index in [1.54, 1.807) is 18.2 Å². The van der Waals surface area contributed by atoms with Gasteiger partial charge in [-0.05, 0) is 53.4 Å². The average Bonchev–Trinajstić information content (AvgIpc) is 3.01. The summed E-state index contributed by atoms with van der Waals surface area (Å²) in [5.41, 5.74) is 1.11. The van der Waals surface area contributed by atoms with E-state index < -0.39 is 10.0 Å². The minimum absolute atomic E-state index is 0.202. The lowest BCUT2D eigenvalue weighted by Gasteiger charge is -2.31. The number of hydrogen-bond acceptors (Lipinski definition) is 4. The summed E-state index contributed by atoms with van der Waals surface area (Å²) in [4.78, 5) is 0.202. The Morgan fingerprint density at radius 3 is 2.58 bits per heavy atom. The number of rotatable bonds is 4. The van der Waals surface area contributed by atoms with Crippen molar-refractivity contribution in [1.82, 2.24) is 14.1 Å². The van der Waals surface area contributed by atoms with E-state index in [-0.39, 0.29) is 10.9 Å². The van der Waals surface area contributed by atoms with Gasteiger partial charge in [-0.3, -0.25) is 4.68 Å². The molecule has 1 saturated heterocycles. The Morgan fingerprint density at radius 2 is 2.00 bits per heavy atom. The Labute approximate surface area is 150 Å². The van der Waals surface area contributed by atoms with Crippen LogP contribution in [-0.2, 0) is 10.0 Å². The number of aromatic nitrogens is 2. The number of benzene rings is 1. The zero-order valence-corrected chi connectivity index (χ0v) is 16.0. The molecule has 130 valence electrons. The second-order valence-electron chi connectivity index (χ2n) is 5.90. The third-order valence-corrected chi connectivity index (χ3v) is 6.83. The normalized spacial score (nSPS) is 17.1. The number of ether oxygens (including phenoxy) is 1. The molecule has 1 aliphatic rings. The highest BCUT2D eigenvalue weighted by Gasteiger charge is 2.32. The lowest BCUT2D eigenvalue weighted by atomic mass is 10.1. The van der Waals surface area contributed by atoms with Gasteiger partial charge >= 0.3 is 0 Å². The standard InChI is InChI=1S/C16H20BrN3O3S/c1-12-10-18-20(11-12)13-6-8-19(9-7-13)24(21,22)15-5-3-4-14(17)16(15)23-2/h3-5,10-11,13H,6-9H2,1-2H3. The fourth-order valence-corrected chi connectivity index (χ4v) is 5.32. The van der Waals surface area contributed by atoms with Crippen molar-refractivity contribution >= 4 is 26.0 Å². The van der Waals surface area contributed by atoms with Gasteiger partial charge < -0.3 is 4.74 Å². The van der Waals surface area contributed by atoms with Gasteiger partial charge in [0.25, 0.3) is 0 Å². The maximum Gasteiger partial charge on any atom is 0.246 e. The zero-order chi connectivity index (χ0) is 17.3. The summed E-state index contributed by atoms with van der Waals surface area (Å²) in [6.07, 6.45) is 5.33. The van der Waals surface area contributed by atoms with E-state index in [0.717, 1.165) is 18.4 Å². The summed E-state index contributed by atoms with van der Waals surface area (Å²) in [7, 11) is -2.10. The number of halogens is 1. The molecule has 0 spiro atoms. The smallest absolute Gasteiger partial charge is 0.246 e. The first-order valence-electron chi connectivity index (χ1n) is 7.77. The predicted molar refractivity (Wildman–Crippen MR) is 94.7 cm³/mol. The van der Waals surface area contributed by atoms with Gasteiger partial charge in [0.15, 0.2) is 5.75 Å². The van der Waals surface area contributed by atoms with Crippen molar-refractivity contribution in [2.75, 3.05) is 20.2 Å². The first-order valence-corrected chi connectivity index (χ1v) is 10.00. The Bertz CT molecular complexity index is 827. The van der Waals surface area contributed by atoms with Gasteiger partial charge in [0.1, 0.15) is 4.90 Å². The molecule has 8 heteroatoms. The van der Waals surface area contributed by atoms with E-state index >= 15 is 0 Å². The van der Waals surface area contributed by atoms with Crippen molar-refractivity contribution < 1.29 is 13.2 Å². The van der Waals surface area contributed by atoms with Crippen LogP contribution in [0.2, 0.25) is 0 Å². The molecule has 0 bridgehead atoms. The van der Waals surface area contributed by atoms with Crippen molar-refractivity contribution in [3.05, 3.63) is 40.6 Å². The summed E-state index contributed by atoms with van der Waals surface area (Å²) in [6, 6.07) is 5.31. The van der Waals surface area contributed by atoms with Gasteiger partial charge in [0.2, 0.25) is 10.0 Å². The largest absolute Gasteiger partial charge is 0.494 e. The first kappa shape index (κ1) is 17.4. The van der Waals surface area contributed by atoms with Crippen LogP contribution in [0.5, 0.6) is 5.75 Å². The Morgan fingerprint density at radius 1 is 1.29 bits per heavy atom. The van der Waals surface area contributed by atoms with Crippen molar-refractivity contribution in [2.45, 2.75) is 30.7 Å². The lowest BCUT2D eigenvalue weighted by Crippen LogP contribution is -2.39. The molecular formula is C16H20BrN3O3S. The molecule has 0 atom stereocenters. The molecule has 0 saturated carbocycles. The van der Waals surface area contributed by atoms with E-state index in [4.69, 9.17) is 4.74 Å². The average molecular weight is 414 g/mol. The Hall–Kier alpha value is -1.38. The summed E-state index contributed by atoms with van der Waals surface area (Å²) in [6.45, 7) is 2.95. The summed E-state index contributed by atoms with van der Waals surface area (Å²) in [5, 5.41) is 4.35. The van der Waals surface area contributed by atoms with E-state index in [0.29, 0.717) is 23.3 Å². The maximum absolute atomic E-state index is 13.0. The minimum atomic E-state index is -3.58.